The number of nitrogens with zero attached hydrogens (tertiary/aromatic N) is 1. The normalized spacial score (nSPS) is 11.2. The quantitative estimate of drug-likeness (QED) is 0.355. The molecule has 29 heavy (non-hydrogen) atoms. The molecule has 2 aromatic heterocycles. The smallest absolute Gasteiger partial charge is 0.230 e. The fourth-order valence-corrected chi connectivity index (χ4v) is 3.73. The predicted octanol–water partition coefficient (Wildman–Crippen LogP) is 5.70. The van der Waals surface area contributed by atoms with Gasteiger partial charge in [0, 0.05) is 22.5 Å². The fourth-order valence-electron chi connectivity index (χ4n) is 3.73. The molecule has 0 amide bonds. The lowest BCUT2D eigenvalue weighted by atomic mass is 10.1. The molecule has 142 valence electrons. The first kappa shape index (κ1) is 17.3. The van der Waals surface area contributed by atoms with Crippen molar-refractivity contribution < 1.29 is 13.9 Å². The molecule has 0 aliphatic carbocycles. The zero-order valence-corrected chi connectivity index (χ0v) is 15.7. The molecule has 0 saturated heterocycles. The van der Waals surface area contributed by atoms with Gasteiger partial charge in [0.2, 0.25) is 5.78 Å². The second-order valence-corrected chi connectivity index (χ2v) is 6.89. The van der Waals surface area contributed by atoms with Crippen LogP contribution in [-0.4, -0.2) is 17.0 Å². The average molecular weight is 381 g/mol. The Hall–Kier alpha value is -3.79. The van der Waals surface area contributed by atoms with Gasteiger partial charge < -0.3 is 13.7 Å². The molecular weight excluding hydrogens is 362 g/mol. The number of para-hydroxylation sites is 1. The van der Waals surface area contributed by atoms with Gasteiger partial charge in [0.05, 0.1) is 18.4 Å². The van der Waals surface area contributed by atoms with Crippen molar-refractivity contribution in [3.05, 3.63) is 103 Å². The minimum atomic E-state index is -0.111. The molecule has 0 spiro atoms. The van der Waals surface area contributed by atoms with Gasteiger partial charge in [0.25, 0.3) is 0 Å². The average Bonchev–Trinajstić information content (AvgIpc) is 3.42. The zero-order valence-electron chi connectivity index (χ0n) is 15.7. The Morgan fingerprint density at radius 1 is 0.862 bits per heavy atom. The maximum atomic E-state index is 12.8. The van der Waals surface area contributed by atoms with E-state index in [1.54, 1.807) is 12.1 Å². The molecule has 0 unspecified atom stereocenters. The van der Waals surface area contributed by atoms with Crippen molar-refractivity contribution in [2.75, 3.05) is 6.61 Å². The van der Waals surface area contributed by atoms with E-state index in [0.717, 1.165) is 27.4 Å². The van der Waals surface area contributed by atoms with E-state index in [4.69, 9.17) is 9.15 Å². The van der Waals surface area contributed by atoms with Gasteiger partial charge in [-0.1, -0.05) is 54.6 Å². The van der Waals surface area contributed by atoms with Gasteiger partial charge in [0.1, 0.15) is 12.4 Å². The first-order valence-electron chi connectivity index (χ1n) is 9.58. The number of carbonyl (C=O) groups is 1. The Morgan fingerprint density at radius 2 is 1.66 bits per heavy atom. The Labute approximate surface area is 167 Å². The molecule has 0 fully saturated rings. The van der Waals surface area contributed by atoms with Crippen molar-refractivity contribution in [3.63, 3.8) is 0 Å². The topological polar surface area (TPSA) is 44.4 Å². The van der Waals surface area contributed by atoms with Crippen LogP contribution in [0.25, 0.3) is 21.7 Å². The molecule has 0 atom stereocenters. The highest BCUT2D eigenvalue weighted by molar-refractivity contribution is 6.15. The van der Waals surface area contributed by atoms with E-state index in [2.05, 4.69) is 22.8 Å². The summed E-state index contributed by atoms with van der Waals surface area (Å²) in [6.45, 7) is 1.14. The van der Waals surface area contributed by atoms with Crippen LogP contribution in [0.1, 0.15) is 16.1 Å². The summed E-state index contributed by atoms with van der Waals surface area (Å²) < 4.78 is 13.5. The summed E-state index contributed by atoms with van der Waals surface area (Å²) in [7, 11) is 0. The molecule has 4 nitrogen and oxygen atoms in total. The molecule has 4 heteroatoms. The van der Waals surface area contributed by atoms with Gasteiger partial charge in [-0.05, 0) is 29.7 Å². The van der Waals surface area contributed by atoms with E-state index >= 15 is 0 Å². The lowest BCUT2D eigenvalue weighted by Crippen LogP contribution is -2.07. The monoisotopic (exact) mass is 381 g/mol. The van der Waals surface area contributed by atoms with Crippen LogP contribution in [0.5, 0.6) is 5.75 Å². The molecule has 0 aliphatic rings. The van der Waals surface area contributed by atoms with Crippen molar-refractivity contribution in [1.29, 1.82) is 0 Å². The van der Waals surface area contributed by atoms with Gasteiger partial charge >= 0.3 is 0 Å². The molecule has 5 rings (SSSR count). The minimum absolute atomic E-state index is 0.111. The number of rotatable bonds is 6. The molecule has 0 aliphatic heterocycles. The molecule has 5 aromatic rings. The second kappa shape index (κ2) is 7.32. The fraction of sp³-hybridized carbons (Fsp3) is 0.0800. The molecule has 0 bridgehead atoms. The van der Waals surface area contributed by atoms with Crippen molar-refractivity contribution in [2.24, 2.45) is 0 Å². The highest BCUT2D eigenvalue weighted by Gasteiger charge is 2.18. The third-order valence-electron chi connectivity index (χ3n) is 5.12. The summed E-state index contributed by atoms with van der Waals surface area (Å²) in [4.78, 5) is 12.8. The Balaban J connectivity index is 1.41. The molecule has 0 saturated carbocycles. The van der Waals surface area contributed by atoms with E-state index < -0.39 is 0 Å². The number of benzene rings is 3. The first-order chi connectivity index (χ1) is 14.3. The number of ether oxygens (including phenoxy) is 1. The molecular formula is C25H19NO3. The van der Waals surface area contributed by atoms with E-state index in [-0.39, 0.29) is 5.78 Å². The number of ketones is 1. The highest BCUT2D eigenvalue weighted by Crippen LogP contribution is 2.26. The van der Waals surface area contributed by atoms with Crippen LogP contribution in [0.15, 0.2) is 95.7 Å². The summed E-state index contributed by atoms with van der Waals surface area (Å²) in [5.41, 5.74) is 1.64. The van der Waals surface area contributed by atoms with Crippen LogP contribution in [0.3, 0.4) is 0 Å². The molecule has 3 aromatic carbocycles. The summed E-state index contributed by atoms with van der Waals surface area (Å²) in [5, 5.41) is 3.17. The summed E-state index contributed by atoms with van der Waals surface area (Å²) >= 11 is 0. The number of hydrogen-bond acceptors (Lipinski definition) is 3. The van der Waals surface area contributed by atoms with E-state index in [1.807, 2.05) is 54.7 Å². The van der Waals surface area contributed by atoms with Crippen molar-refractivity contribution >= 4 is 27.5 Å². The largest absolute Gasteiger partial charge is 0.491 e. The maximum absolute atomic E-state index is 12.8. The Kier molecular flexibility index (Phi) is 4.37. The number of fused-ring (bicyclic) bond motifs is 2. The lowest BCUT2D eigenvalue weighted by Gasteiger charge is -2.10. The molecule has 2 heterocycles. The maximum Gasteiger partial charge on any atom is 0.230 e. The number of aromatic nitrogens is 1. The standard InChI is InChI=1S/C25H19NO3/c27-25(24-13-6-15-28-24)21-17-26(22-11-4-3-10-20(21)22)14-16-29-23-12-5-8-18-7-1-2-9-19(18)23/h1-13,15,17H,14,16H2. The van der Waals surface area contributed by atoms with Crippen molar-refractivity contribution in [2.45, 2.75) is 6.54 Å². The number of hydrogen-bond donors (Lipinski definition) is 0. The second-order valence-electron chi connectivity index (χ2n) is 6.89. The zero-order chi connectivity index (χ0) is 19.6. The molecule has 0 N–H and O–H groups in total. The van der Waals surface area contributed by atoms with Gasteiger partial charge in [-0.2, -0.15) is 0 Å². The first-order valence-corrected chi connectivity index (χ1v) is 9.58. The van der Waals surface area contributed by atoms with Crippen LogP contribution < -0.4 is 4.74 Å². The third-order valence-corrected chi connectivity index (χ3v) is 5.12. The van der Waals surface area contributed by atoms with E-state index in [0.29, 0.717) is 24.5 Å². The molecule has 0 radical (unpaired) electrons. The van der Waals surface area contributed by atoms with Crippen molar-refractivity contribution in [3.8, 4) is 5.75 Å². The Morgan fingerprint density at radius 3 is 2.52 bits per heavy atom. The van der Waals surface area contributed by atoms with Crippen LogP contribution in [0, 0.1) is 0 Å². The number of carbonyl (C=O) groups excluding carboxylic acids is 1. The Bertz CT molecular complexity index is 1290. The summed E-state index contributed by atoms with van der Waals surface area (Å²) in [6.07, 6.45) is 3.41. The minimum Gasteiger partial charge on any atom is -0.491 e. The van der Waals surface area contributed by atoms with E-state index in [1.165, 1.54) is 6.26 Å². The van der Waals surface area contributed by atoms with Gasteiger partial charge in [-0.15, -0.1) is 0 Å². The van der Waals surface area contributed by atoms with Crippen LogP contribution in [0.2, 0.25) is 0 Å². The van der Waals surface area contributed by atoms with E-state index in [9.17, 15) is 4.79 Å². The number of furan rings is 1. The van der Waals surface area contributed by atoms with Crippen LogP contribution in [0.4, 0.5) is 0 Å². The van der Waals surface area contributed by atoms with Crippen molar-refractivity contribution in [1.82, 2.24) is 4.57 Å². The third kappa shape index (κ3) is 3.19. The van der Waals surface area contributed by atoms with Crippen LogP contribution >= 0.6 is 0 Å². The summed E-state index contributed by atoms with van der Waals surface area (Å²) in [5.74, 6) is 1.10. The van der Waals surface area contributed by atoms with Crippen LogP contribution in [-0.2, 0) is 6.54 Å². The SMILES string of the molecule is O=C(c1ccco1)c1cn(CCOc2cccc3ccccc23)c2ccccc12. The van der Waals surface area contributed by atoms with Gasteiger partial charge in [0.15, 0.2) is 5.76 Å². The lowest BCUT2D eigenvalue weighted by molar-refractivity contribution is 0.101. The predicted molar refractivity (Wildman–Crippen MR) is 114 cm³/mol. The summed E-state index contributed by atoms with van der Waals surface area (Å²) in [6, 6.07) is 25.6. The highest BCUT2D eigenvalue weighted by atomic mass is 16.5. The van der Waals surface area contributed by atoms with Gasteiger partial charge in [-0.3, -0.25) is 4.79 Å². The van der Waals surface area contributed by atoms with Gasteiger partial charge in [-0.25, -0.2) is 0 Å².